The monoisotopic (exact) mass is 518 g/mol. The molecule has 0 aliphatic rings. The molecule has 0 aliphatic carbocycles. The van der Waals surface area contributed by atoms with Crippen LogP contribution in [0, 0.1) is 17.1 Å². The van der Waals surface area contributed by atoms with Crippen molar-refractivity contribution in [1.82, 2.24) is 0 Å². The highest BCUT2D eigenvalue weighted by molar-refractivity contribution is 6.01. The average Bonchev–Trinajstić information content (AvgIpc) is 2.91. The summed E-state index contributed by atoms with van der Waals surface area (Å²) in [5.41, 5.74) is 7.85. The molecule has 9 nitrogen and oxygen atoms in total. The van der Waals surface area contributed by atoms with Crippen LogP contribution in [-0.4, -0.2) is 30.3 Å². The first-order chi connectivity index (χ1) is 18.3. The number of hydrogen-bond donors (Lipinski definition) is 4. The Morgan fingerprint density at radius 3 is 2.53 bits per heavy atom. The van der Waals surface area contributed by atoms with E-state index in [1.54, 1.807) is 42.5 Å². The van der Waals surface area contributed by atoms with Crippen molar-refractivity contribution in [3.05, 3.63) is 95.8 Å². The van der Waals surface area contributed by atoms with Crippen LogP contribution in [0.25, 0.3) is 0 Å². The van der Waals surface area contributed by atoms with E-state index in [4.69, 9.17) is 20.5 Å². The molecule has 0 aromatic heterocycles. The number of nitrogens with two attached hydrogens (primary N) is 1. The maximum atomic E-state index is 14.1. The van der Waals surface area contributed by atoms with Gasteiger partial charge in [-0.3, -0.25) is 10.1 Å². The third-order valence-corrected chi connectivity index (χ3v) is 5.54. The largest absolute Gasteiger partial charge is 0.505 e. The van der Waals surface area contributed by atoms with Gasteiger partial charge < -0.3 is 25.6 Å². The first-order valence-corrected chi connectivity index (χ1v) is 11.6. The van der Waals surface area contributed by atoms with Crippen LogP contribution in [-0.2, 0) is 14.3 Å². The van der Waals surface area contributed by atoms with E-state index in [2.05, 4.69) is 10.6 Å². The van der Waals surface area contributed by atoms with Gasteiger partial charge in [0.15, 0.2) is 17.7 Å². The maximum absolute atomic E-state index is 14.1. The van der Waals surface area contributed by atoms with Gasteiger partial charge in [-0.25, -0.2) is 9.18 Å². The van der Waals surface area contributed by atoms with Crippen LogP contribution >= 0.6 is 0 Å². The Kier molecular flexibility index (Phi) is 9.79. The molecule has 0 aliphatic heterocycles. The number of phenols is 1. The highest BCUT2D eigenvalue weighted by atomic mass is 19.1. The predicted molar refractivity (Wildman–Crippen MR) is 141 cm³/mol. The number of para-hydroxylation sites is 2. The van der Waals surface area contributed by atoms with Crippen molar-refractivity contribution in [2.75, 3.05) is 23.5 Å². The zero-order chi connectivity index (χ0) is 27.5. The number of nitrogen functional groups attached to an aromatic ring is 1. The van der Waals surface area contributed by atoms with E-state index in [0.717, 1.165) is 12.1 Å². The van der Waals surface area contributed by atoms with E-state index in [9.17, 15) is 19.1 Å². The van der Waals surface area contributed by atoms with Crippen LogP contribution in [0.1, 0.15) is 30.1 Å². The Bertz CT molecular complexity index is 1340. The van der Waals surface area contributed by atoms with Crippen molar-refractivity contribution in [3.63, 3.8) is 0 Å². The molecule has 0 unspecified atom stereocenters. The van der Waals surface area contributed by atoms with Crippen LogP contribution in [0.5, 0.6) is 5.75 Å². The molecule has 196 valence electrons. The molecule has 0 spiro atoms. The van der Waals surface area contributed by atoms with Gasteiger partial charge in [-0.05, 0) is 73.0 Å². The Balaban J connectivity index is 1.69. The molecule has 38 heavy (non-hydrogen) atoms. The third kappa shape index (κ3) is 7.81. The number of halogens is 1. The number of phenolic OH excluding ortho intramolecular Hbond substituents is 1. The van der Waals surface area contributed by atoms with Crippen LogP contribution in [0.15, 0.2) is 78.9 Å². The van der Waals surface area contributed by atoms with E-state index >= 15 is 0 Å². The molecule has 3 aromatic rings. The van der Waals surface area contributed by atoms with E-state index in [0.29, 0.717) is 35.5 Å². The average molecular weight is 519 g/mol. The molecule has 0 fully saturated rings. The highest BCUT2D eigenvalue weighted by Crippen LogP contribution is 2.30. The topological polar surface area (TPSA) is 147 Å². The number of nitrogens with one attached hydrogen (secondary N) is 2. The summed E-state index contributed by atoms with van der Waals surface area (Å²) in [4.78, 5) is 24.9. The quantitative estimate of drug-likeness (QED) is 0.211. The molecule has 2 amide bonds. The number of ether oxygens (including phenoxy) is 2. The number of allylic oxidation sites excluding steroid dienone is 1. The van der Waals surface area contributed by atoms with Crippen LogP contribution < -0.4 is 16.4 Å². The second-order valence-corrected chi connectivity index (χ2v) is 8.18. The minimum absolute atomic E-state index is 0.267. The molecule has 0 saturated heterocycles. The Hall–Kier alpha value is -4.88. The van der Waals surface area contributed by atoms with Crippen molar-refractivity contribution >= 4 is 29.1 Å². The molecule has 0 heterocycles. The van der Waals surface area contributed by atoms with Crippen molar-refractivity contribution in [2.24, 2.45) is 0 Å². The maximum Gasteiger partial charge on any atom is 0.412 e. The third-order valence-electron chi connectivity index (χ3n) is 5.54. The van der Waals surface area contributed by atoms with E-state index in [1.807, 2.05) is 6.07 Å². The smallest absolute Gasteiger partial charge is 0.412 e. The summed E-state index contributed by atoms with van der Waals surface area (Å²) < 4.78 is 25.3. The molecule has 0 radical (unpaired) electrons. The first-order valence-electron chi connectivity index (χ1n) is 11.6. The van der Waals surface area contributed by atoms with Gasteiger partial charge in [-0.1, -0.05) is 24.3 Å². The zero-order valence-electron chi connectivity index (χ0n) is 20.6. The zero-order valence-corrected chi connectivity index (χ0v) is 20.6. The van der Waals surface area contributed by atoms with Gasteiger partial charge in [0.05, 0.1) is 29.1 Å². The number of amides is 2. The molecular formula is C28H27FN4O5. The number of anilines is 3. The van der Waals surface area contributed by atoms with E-state index < -0.39 is 29.9 Å². The molecular weight excluding hydrogens is 491 g/mol. The van der Waals surface area contributed by atoms with Gasteiger partial charge in [0.1, 0.15) is 0 Å². The van der Waals surface area contributed by atoms with Crippen molar-refractivity contribution in [3.8, 4) is 11.8 Å². The molecule has 0 bridgehead atoms. The minimum atomic E-state index is -1.04. The summed E-state index contributed by atoms with van der Waals surface area (Å²) in [6, 6.07) is 18.7. The Morgan fingerprint density at radius 2 is 1.87 bits per heavy atom. The van der Waals surface area contributed by atoms with Crippen molar-refractivity contribution in [1.29, 1.82) is 5.26 Å². The lowest BCUT2D eigenvalue weighted by atomic mass is 10.00. The fraction of sp³-hybridized carbons (Fsp3) is 0.179. The summed E-state index contributed by atoms with van der Waals surface area (Å²) in [5.74, 6) is -1.79. The lowest BCUT2D eigenvalue weighted by Crippen LogP contribution is -2.28. The summed E-state index contributed by atoms with van der Waals surface area (Å²) in [6.45, 7) is 0. The molecule has 2 atom stereocenters. The number of nitriles is 1. The van der Waals surface area contributed by atoms with E-state index in [1.165, 1.54) is 31.4 Å². The lowest BCUT2D eigenvalue weighted by molar-refractivity contribution is -0.111. The fourth-order valence-electron chi connectivity index (χ4n) is 3.58. The highest BCUT2D eigenvalue weighted by Gasteiger charge is 2.28. The van der Waals surface area contributed by atoms with Gasteiger partial charge in [0.2, 0.25) is 5.91 Å². The lowest BCUT2D eigenvalue weighted by Gasteiger charge is -2.26. The number of carbonyl (C=O) groups excluding carboxylic acids is 2. The van der Waals surface area contributed by atoms with Crippen LogP contribution in [0.3, 0.4) is 0 Å². The first kappa shape index (κ1) is 27.7. The Morgan fingerprint density at radius 1 is 1.13 bits per heavy atom. The molecule has 10 heteroatoms. The summed E-state index contributed by atoms with van der Waals surface area (Å²) >= 11 is 0. The summed E-state index contributed by atoms with van der Waals surface area (Å²) in [7, 11) is 1.42. The Labute approximate surface area is 219 Å². The molecule has 5 N–H and O–H groups in total. The molecule has 0 saturated carbocycles. The van der Waals surface area contributed by atoms with Gasteiger partial charge >= 0.3 is 6.09 Å². The second kappa shape index (κ2) is 13.4. The standard InChI is InChI=1S/C28H27FN4O5/c1-37-25(8-4-5-9-26(35)33-23-7-3-2-6-22(23)31)27(19-12-15-24(34)21(29)16-19)38-28(36)32-20-13-10-18(17-30)11-14-20/h2-3,5-7,9-16,25,27,34H,4,8,31H2,1H3,(H,32,36)(H,33,35)/b9-5+/t25-,27-/m1/s1. The molecule has 3 rings (SSSR count). The van der Waals surface area contributed by atoms with Crippen molar-refractivity contribution < 1.29 is 28.6 Å². The number of nitrogens with zero attached hydrogens (tertiary/aromatic N) is 1. The summed E-state index contributed by atoms with van der Waals surface area (Å²) in [6.07, 6.45) is 1.07. The second-order valence-electron chi connectivity index (χ2n) is 8.18. The fourth-order valence-corrected chi connectivity index (χ4v) is 3.58. The number of aromatic hydroxyl groups is 1. The number of hydrogen-bond acceptors (Lipinski definition) is 7. The normalized spacial score (nSPS) is 12.3. The number of carbonyl (C=O) groups is 2. The van der Waals surface area contributed by atoms with Gasteiger partial charge in [0.25, 0.3) is 0 Å². The molecule has 3 aromatic carbocycles. The SMILES string of the molecule is CO[C@H](CC/C=C/C(=O)Nc1ccccc1N)[C@H](OC(=O)Nc1ccc(C#N)cc1)c1ccc(O)c(F)c1. The number of rotatable bonds is 10. The van der Waals surface area contributed by atoms with Gasteiger partial charge in [-0.2, -0.15) is 5.26 Å². The number of methoxy groups -OCH3 is 1. The van der Waals surface area contributed by atoms with Crippen molar-refractivity contribution in [2.45, 2.75) is 25.0 Å². The van der Waals surface area contributed by atoms with Crippen LogP contribution in [0.4, 0.5) is 26.2 Å². The van der Waals surface area contributed by atoms with Gasteiger partial charge in [0, 0.05) is 12.8 Å². The van der Waals surface area contributed by atoms with E-state index in [-0.39, 0.29) is 11.5 Å². The predicted octanol–water partition coefficient (Wildman–Crippen LogP) is 5.27. The summed E-state index contributed by atoms with van der Waals surface area (Å²) in [5, 5.41) is 23.8. The number of benzene rings is 3. The minimum Gasteiger partial charge on any atom is -0.505 e. The van der Waals surface area contributed by atoms with Gasteiger partial charge in [-0.15, -0.1) is 0 Å². The van der Waals surface area contributed by atoms with Crippen LogP contribution in [0.2, 0.25) is 0 Å².